The van der Waals surface area contributed by atoms with Crippen molar-refractivity contribution < 1.29 is 19.1 Å². The molecule has 0 bridgehead atoms. The number of hydrogen-bond donors (Lipinski definition) is 2. The maximum Gasteiger partial charge on any atom is 0.405 e. The van der Waals surface area contributed by atoms with E-state index in [9.17, 15) is 9.59 Å². The van der Waals surface area contributed by atoms with Crippen LogP contribution in [0.4, 0.5) is 10.5 Å². The Balaban J connectivity index is 1.90. The van der Waals surface area contributed by atoms with Crippen LogP contribution in [-0.4, -0.2) is 48.8 Å². The molecular formula is C18H25BrN4O4. The van der Waals surface area contributed by atoms with Crippen molar-refractivity contribution in [2.24, 2.45) is 11.7 Å². The van der Waals surface area contributed by atoms with Crippen molar-refractivity contribution in [3.8, 4) is 5.88 Å². The number of hydrogen-bond acceptors (Lipinski definition) is 6. The third-order valence-electron chi connectivity index (χ3n) is 5.19. The molecule has 3 N–H and O–H groups in total. The van der Waals surface area contributed by atoms with Gasteiger partial charge in [0, 0.05) is 25.2 Å². The number of ether oxygens (including phenoxy) is 2. The lowest BCUT2D eigenvalue weighted by Crippen LogP contribution is -2.38. The lowest BCUT2D eigenvalue weighted by atomic mass is 10.1. The lowest BCUT2D eigenvalue weighted by Gasteiger charge is -2.27. The molecule has 1 aliphatic heterocycles. The number of nitrogens with two attached hydrogens (primary N) is 1. The lowest BCUT2D eigenvalue weighted by molar-refractivity contribution is 0.0480. The van der Waals surface area contributed by atoms with Crippen molar-refractivity contribution in [1.29, 1.82) is 0 Å². The third-order valence-corrected chi connectivity index (χ3v) is 5.90. The van der Waals surface area contributed by atoms with Gasteiger partial charge in [0.2, 0.25) is 5.88 Å². The smallest absolute Gasteiger partial charge is 0.405 e. The van der Waals surface area contributed by atoms with E-state index >= 15 is 0 Å². The van der Waals surface area contributed by atoms with Gasteiger partial charge in [-0.3, -0.25) is 4.79 Å². The summed E-state index contributed by atoms with van der Waals surface area (Å²) >= 11 is 3.52. The summed E-state index contributed by atoms with van der Waals surface area (Å²) in [6.07, 6.45) is 3.62. The summed E-state index contributed by atoms with van der Waals surface area (Å²) in [4.78, 5) is 30.4. The normalized spacial score (nSPS) is 23.0. The number of methoxy groups -OCH3 is 1. The summed E-state index contributed by atoms with van der Waals surface area (Å²) in [7, 11) is 1.52. The van der Waals surface area contributed by atoms with Gasteiger partial charge in [-0.1, -0.05) is 0 Å². The number of halogens is 1. The van der Waals surface area contributed by atoms with Crippen LogP contribution in [0.3, 0.4) is 0 Å². The first-order valence-corrected chi connectivity index (χ1v) is 9.80. The van der Waals surface area contributed by atoms with Crippen molar-refractivity contribution in [1.82, 2.24) is 10.3 Å². The molecule has 9 heteroatoms. The van der Waals surface area contributed by atoms with E-state index in [2.05, 4.69) is 26.2 Å². The van der Waals surface area contributed by atoms with Crippen molar-refractivity contribution in [2.75, 3.05) is 25.1 Å². The molecule has 1 aromatic rings. The Labute approximate surface area is 166 Å². The van der Waals surface area contributed by atoms with E-state index < -0.39 is 11.7 Å². The summed E-state index contributed by atoms with van der Waals surface area (Å²) in [6, 6.07) is 0.119. The standard InChI is InChI=1S/C18H25BrN4O4/c1-10(11-4-5-11)22-15(24)12-8-21-16(26-3)13(19)14(12)23-7-6-18(2,9-23)27-17(20)25/h8,10-11H,4-7,9H2,1-3H3,(H2,20,25)(H,22,24)/t10-,18?/m0/s1. The van der Waals surface area contributed by atoms with Gasteiger partial charge in [-0.2, -0.15) is 0 Å². The van der Waals surface area contributed by atoms with Gasteiger partial charge >= 0.3 is 6.09 Å². The average molecular weight is 441 g/mol. The Bertz CT molecular complexity index is 755. The number of amides is 2. The number of primary amides is 1. The fourth-order valence-corrected chi connectivity index (χ4v) is 4.26. The summed E-state index contributed by atoms with van der Waals surface area (Å²) in [5.74, 6) is 0.761. The Hall–Kier alpha value is -2.03. The van der Waals surface area contributed by atoms with Gasteiger partial charge < -0.3 is 25.4 Å². The molecule has 2 amide bonds. The molecule has 2 aliphatic rings. The molecule has 8 nitrogen and oxygen atoms in total. The number of rotatable bonds is 6. The number of nitrogens with zero attached hydrogens (tertiary/aromatic N) is 2. The van der Waals surface area contributed by atoms with Crippen LogP contribution in [0.25, 0.3) is 0 Å². The number of aromatic nitrogens is 1. The maximum absolute atomic E-state index is 12.9. The Morgan fingerprint density at radius 2 is 2.19 bits per heavy atom. The SMILES string of the molecule is COc1ncc(C(=O)N[C@@H](C)C2CC2)c(N2CCC(C)(OC(N)=O)C2)c1Br. The van der Waals surface area contributed by atoms with E-state index in [1.54, 1.807) is 0 Å². The van der Waals surface area contributed by atoms with Crippen LogP contribution in [0.2, 0.25) is 0 Å². The minimum absolute atomic E-state index is 0.119. The third kappa shape index (κ3) is 4.28. The molecule has 2 atom stereocenters. The van der Waals surface area contributed by atoms with E-state index in [-0.39, 0.29) is 11.9 Å². The first kappa shape index (κ1) is 19.7. The van der Waals surface area contributed by atoms with Crippen LogP contribution >= 0.6 is 15.9 Å². The predicted octanol–water partition coefficient (Wildman–Crippen LogP) is 2.45. The zero-order valence-corrected chi connectivity index (χ0v) is 17.3. The Morgan fingerprint density at radius 1 is 1.48 bits per heavy atom. The topological polar surface area (TPSA) is 107 Å². The van der Waals surface area contributed by atoms with Crippen molar-refractivity contribution in [3.63, 3.8) is 0 Å². The van der Waals surface area contributed by atoms with E-state index in [4.69, 9.17) is 15.2 Å². The number of carbonyl (C=O) groups is 2. The van der Waals surface area contributed by atoms with Crippen LogP contribution in [0.15, 0.2) is 10.7 Å². The van der Waals surface area contributed by atoms with Gasteiger partial charge in [0.05, 0.1) is 24.9 Å². The fraction of sp³-hybridized carbons (Fsp3) is 0.611. The highest BCUT2D eigenvalue weighted by Gasteiger charge is 2.40. The van der Waals surface area contributed by atoms with Gasteiger partial charge in [-0.15, -0.1) is 0 Å². The van der Waals surface area contributed by atoms with Gasteiger partial charge in [-0.25, -0.2) is 9.78 Å². The molecule has 1 aromatic heterocycles. The summed E-state index contributed by atoms with van der Waals surface area (Å²) in [5, 5.41) is 3.07. The minimum atomic E-state index is -0.804. The Kier molecular flexibility index (Phi) is 5.50. The Morgan fingerprint density at radius 3 is 2.78 bits per heavy atom. The van der Waals surface area contributed by atoms with Crippen molar-refractivity contribution in [3.05, 3.63) is 16.2 Å². The first-order valence-electron chi connectivity index (χ1n) is 9.01. The zero-order valence-electron chi connectivity index (χ0n) is 15.8. The van der Waals surface area contributed by atoms with Gasteiger partial charge in [0.25, 0.3) is 5.91 Å². The number of carbonyl (C=O) groups excluding carboxylic acids is 2. The largest absolute Gasteiger partial charge is 0.480 e. The van der Waals surface area contributed by atoms with Crippen molar-refractivity contribution in [2.45, 2.75) is 44.8 Å². The summed E-state index contributed by atoms with van der Waals surface area (Å²) < 4.78 is 11.2. The van der Waals surface area contributed by atoms with Crippen LogP contribution in [0.5, 0.6) is 5.88 Å². The highest BCUT2D eigenvalue weighted by molar-refractivity contribution is 9.10. The average Bonchev–Trinajstić information content (AvgIpc) is 3.37. The van der Waals surface area contributed by atoms with Crippen LogP contribution < -0.4 is 20.7 Å². The molecule has 0 spiro atoms. The van der Waals surface area contributed by atoms with Crippen LogP contribution in [0, 0.1) is 5.92 Å². The number of nitrogens with one attached hydrogen (secondary N) is 1. The van der Waals surface area contributed by atoms with Gasteiger partial charge in [0.15, 0.2) is 0 Å². The zero-order chi connectivity index (χ0) is 19.8. The fourth-order valence-electron chi connectivity index (χ4n) is 3.53. The van der Waals surface area contributed by atoms with Crippen LogP contribution in [0.1, 0.15) is 43.5 Å². The number of anilines is 1. The molecule has 1 aliphatic carbocycles. The summed E-state index contributed by atoms with van der Waals surface area (Å²) in [6.45, 7) is 4.88. The molecule has 1 saturated heterocycles. The molecule has 1 unspecified atom stereocenters. The molecule has 148 valence electrons. The minimum Gasteiger partial charge on any atom is -0.480 e. The molecule has 2 heterocycles. The van der Waals surface area contributed by atoms with E-state index in [1.165, 1.54) is 13.3 Å². The van der Waals surface area contributed by atoms with E-state index in [1.807, 2.05) is 18.7 Å². The molecule has 27 heavy (non-hydrogen) atoms. The van der Waals surface area contributed by atoms with Crippen LogP contribution in [-0.2, 0) is 4.74 Å². The maximum atomic E-state index is 12.9. The molecule has 0 aromatic carbocycles. The predicted molar refractivity (Wildman–Crippen MR) is 104 cm³/mol. The molecule has 3 rings (SSSR count). The molecule has 2 fully saturated rings. The second-order valence-electron chi connectivity index (χ2n) is 7.49. The first-order chi connectivity index (χ1) is 12.7. The molecule has 1 saturated carbocycles. The molecular weight excluding hydrogens is 416 g/mol. The van der Waals surface area contributed by atoms with Gasteiger partial charge in [0.1, 0.15) is 10.1 Å². The second kappa shape index (κ2) is 7.53. The summed E-state index contributed by atoms with van der Waals surface area (Å²) in [5.41, 5.74) is 5.63. The highest BCUT2D eigenvalue weighted by Crippen LogP contribution is 2.40. The monoisotopic (exact) mass is 440 g/mol. The van der Waals surface area contributed by atoms with Gasteiger partial charge in [-0.05, 0) is 48.5 Å². The quantitative estimate of drug-likeness (QED) is 0.703. The second-order valence-corrected chi connectivity index (χ2v) is 8.28. The number of pyridine rings is 1. The van der Waals surface area contributed by atoms with Crippen molar-refractivity contribution >= 4 is 33.6 Å². The molecule has 0 radical (unpaired) electrons. The van der Waals surface area contributed by atoms with E-state index in [0.717, 1.165) is 12.8 Å². The van der Waals surface area contributed by atoms with E-state index in [0.29, 0.717) is 47.0 Å². The highest BCUT2D eigenvalue weighted by atomic mass is 79.9.